The van der Waals surface area contributed by atoms with E-state index < -0.39 is 5.54 Å². The lowest BCUT2D eigenvalue weighted by molar-refractivity contribution is -0.153. The molecule has 0 radical (unpaired) electrons. The van der Waals surface area contributed by atoms with Gasteiger partial charge in [0.05, 0.1) is 18.2 Å². The third-order valence-corrected chi connectivity index (χ3v) is 5.61. The Labute approximate surface area is 167 Å². The van der Waals surface area contributed by atoms with Crippen molar-refractivity contribution < 1.29 is 14.1 Å². The number of hydrogen-bond donors (Lipinski definition) is 1. The van der Waals surface area contributed by atoms with E-state index in [-0.39, 0.29) is 18.6 Å². The van der Waals surface area contributed by atoms with E-state index >= 15 is 0 Å². The van der Waals surface area contributed by atoms with Crippen LogP contribution >= 0.6 is 0 Å². The monoisotopic (exact) mass is 391 g/mol. The highest BCUT2D eigenvalue weighted by Gasteiger charge is 2.49. The van der Waals surface area contributed by atoms with Gasteiger partial charge in [-0.15, -0.1) is 0 Å². The minimum atomic E-state index is -0.497. The third kappa shape index (κ3) is 3.41. The molecule has 2 fully saturated rings. The zero-order valence-electron chi connectivity index (χ0n) is 15.8. The van der Waals surface area contributed by atoms with Crippen LogP contribution in [0.4, 0.5) is 0 Å². The van der Waals surface area contributed by atoms with Gasteiger partial charge in [0.1, 0.15) is 6.61 Å². The van der Waals surface area contributed by atoms with E-state index in [1.54, 1.807) is 12.4 Å². The SMILES string of the molecule is O=C1CO[C@H]2CN(Cc3nc(-c4cccnc4)no3)CC[C@]2(c2ccccc2)N1. The Bertz CT molecular complexity index is 994. The molecule has 2 atom stereocenters. The van der Waals surface area contributed by atoms with Crippen LogP contribution in [0.1, 0.15) is 17.9 Å². The van der Waals surface area contributed by atoms with E-state index in [0.717, 1.165) is 24.1 Å². The lowest BCUT2D eigenvalue weighted by Crippen LogP contribution is -2.66. The number of carbonyl (C=O) groups is 1. The number of likely N-dealkylation sites (tertiary alicyclic amines) is 1. The standard InChI is InChI=1S/C21H21N5O3/c27-18-14-28-17-12-26(10-8-21(17,24-18)16-6-2-1-3-7-16)13-19-23-20(25-29-19)15-5-4-9-22-11-15/h1-7,9,11,17H,8,10,12-14H2,(H,24,27)/t17-,21+/m0/s1. The van der Waals surface area contributed by atoms with Gasteiger partial charge in [0.2, 0.25) is 17.6 Å². The van der Waals surface area contributed by atoms with Crippen LogP contribution in [0, 0.1) is 0 Å². The molecule has 2 aliphatic rings. The smallest absolute Gasteiger partial charge is 0.246 e. The van der Waals surface area contributed by atoms with E-state index in [0.29, 0.717) is 24.8 Å². The topological polar surface area (TPSA) is 93.4 Å². The first-order valence-electron chi connectivity index (χ1n) is 9.66. The normalized spacial score (nSPS) is 24.7. The molecule has 8 nitrogen and oxygen atoms in total. The summed E-state index contributed by atoms with van der Waals surface area (Å²) in [6, 6.07) is 13.8. The predicted molar refractivity (Wildman–Crippen MR) is 103 cm³/mol. The van der Waals surface area contributed by atoms with Gasteiger partial charge < -0.3 is 14.6 Å². The summed E-state index contributed by atoms with van der Waals surface area (Å²) in [5.41, 5.74) is 1.40. The molecule has 0 saturated carbocycles. The summed E-state index contributed by atoms with van der Waals surface area (Å²) in [5, 5.41) is 7.27. The Morgan fingerprint density at radius 2 is 2.10 bits per heavy atom. The number of fused-ring (bicyclic) bond motifs is 1. The lowest BCUT2D eigenvalue weighted by Gasteiger charge is -2.50. The van der Waals surface area contributed by atoms with Crippen molar-refractivity contribution in [3.05, 3.63) is 66.3 Å². The van der Waals surface area contributed by atoms with Crippen LogP contribution in [0.2, 0.25) is 0 Å². The van der Waals surface area contributed by atoms with E-state index in [9.17, 15) is 4.79 Å². The maximum Gasteiger partial charge on any atom is 0.246 e. The predicted octanol–water partition coefficient (Wildman–Crippen LogP) is 1.75. The Hall–Kier alpha value is -3.10. The first-order valence-corrected chi connectivity index (χ1v) is 9.66. The molecule has 2 saturated heterocycles. The minimum Gasteiger partial charge on any atom is -0.364 e. The molecule has 2 aromatic heterocycles. The zero-order valence-corrected chi connectivity index (χ0v) is 15.8. The summed E-state index contributed by atoms with van der Waals surface area (Å²) in [4.78, 5) is 22.9. The van der Waals surface area contributed by atoms with Crippen LogP contribution in [0.25, 0.3) is 11.4 Å². The largest absolute Gasteiger partial charge is 0.364 e. The van der Waals surface area contributed by atoms with Crippen molar-refractivity contribution in [2.24, 2.45) is 0 Å². The van der Waals surface area contributed by atoms with Gasteiger partial charge in [0.15, 0.2) is 0 Å². The molecule has 5 rings (SSSR count). The molecule has 1 amide bonds. The molecule has 0 spiro atoms. The van der Waals surface area contributed by atoms with Gasteiger partial charge in [0.25, 0.3) is 0 Å². The molecule has 8 heteroatoms. The molecule has 2 aliphatic heterocycles. The number of nitrogens with zero attached hydrogens (tertiary/aromatic N) is 4. The second-order valence-corrected chi connectivity index (χ2v) is 7.42. The number of amides is 1. The molecule has 29 heavy (non-hydrogen) atoms. The van der Waals surface area contributed by atoms with Crippen LogP contribution in [0.3, 0.4) is 0 Å². The first kappa shape index (κ1) is 18.0. The molecule has 4 heterocycles. The van der Waals surface area contributed by atoms with Crippen molar-refractivity contribution in [2.75, 3.05) is 19.7 Å². The highest BCUT2D eigenvalue weighted by Crippen LogP contribution is 2.37. The number of pyridine rings is 1. The van der Waals surface area contributed by atoms with E-state index in [1.165, 1.54) is 0 Å². The number of piperidine rings is 1. The average Bonchev–Trinajstić information content (AvgIpc) is 3.24. The van der Waals surface area contributed by atoms with Crippen molar-refractivity contribution in [1.82, 2.24) is 25.3 Å². The van der Waals surface area contributed by atoms with Gasteiger partial charge in [-0.3, -0.25) is 14.7 Å². The van der Waals surface area contributed by atoms with E-state index in [2.05, 4.69) is 37.5 Å². The number of ether oxygens (including phenoxy) is 1. The first-order chi connectivity index (χ1) is 14.2. The van der Waals surface area contributed by atoms with Crippen molar-refractivity contribution in [2.45, 2.75) is 24.6 Å². The molecule has 148 valence electrons. The number of nitrogens with one attached hydrogen (secondary N) is 1. The number of benzene rings is 1. The van der Waals surface area contributed by atoms with Gasteiger partial charge in [-0.1, -0.05) is 35.5 Å². The Balaban J connectivity index is 1.33. The Kier molecular flexibility index (Phi) is 4.57. The maximum atomic E-state index is 12.1. The van der Waals surface area contributed by atoms with Crippen molar-refractivity contribution in [1.29, 1.82) is 0 Å². The number of morpholine rings is 1. The Morgan fingerprint density at radius 3 is 2.93 bits per heavy atom. The second-order valence-electron chi connectivity index (χ2n) is 7.42. The molecule has 1 aromatic carbocycles. The fourth-order valence-electron chi connectivity index (χ4n) is 4.18. The number of rotatable bonds is 4. The minimum absolute atomic E-state index is 0.0726. The van der Waals surface area contributed by atoms with E-state index in [1.807, 2.05) is 30.3 Å². The van der Waals surface area contributed by atoms with E-state index in [4.69, 9.17) is 9.26 Å². The van der Waals surface area contributed by atoms with Crippen LogP contribution in [-0.4, -0.2) is 51.7 Å². The van der Waals surface area contributed by atoms with Gasteiger partial charge >= 0.3 is 0 Å². The molecule has 0 unspecified atom stereocenters. The van der Waals surface area contributed by atoms with Crippen molar-refractivity contribution in [3.8, 4) is 11.4 Å². The summed E-state index contributed by atoms with van der Waals surface area (Å²) < 4.78 is 11.4. The Morgan fingerprint density at radius 1 is 1.21 bits per heavy atom. The summed E-state index contributed by atoms with van der Waals surface area (Å²) in [7, 11) is 0. The average molecular weight is 391 g/mol. The van der Waals surface area contributed by atoms with Crippen molar-refractivity contribution in [3.63, 3.8) is 0 Å². The number of hydrogen-bond acceptors (Lipinski definition) is 7. The van der Waals surface area contributed by atoms with Crippen LogP contribution in [0.5, 0.6) is 0 Å². The van der Waals surface area contributed by atoms with Crippen molar-refractivity contribution >= 4 is 5.91 Å². The van der Waals surface area contributed by atoms with Gasteiger partial charge in [-0.2, -0.15) is 4.98 Å². The van der Waals surface area contributed by atoms with Gasteiger partial charge in [-0.05, 0) is 24.1 Å². The second kappa shape index (κ2) is 7.38. The quantitative estimate of drug-likeness (QED) is 0.724. The van der Waals surface area contributed by atoms with Crippen LogP contribution in [-0.2, 0) is 21.6 Å². The maximum absolute atomic E-state index is 12.1. The molecular formula is C21H21N5O3. The molecule has 3 aromatic rings. The van der Waals surface area contributed by atoms with Gasteiger partial charge in [-0.25, -0.2) is 0 Å². The summed E-state index contributed by atoms with van der Waals surface area (Å²) in [6.45, 7) is 2.06. The fraction of sp³-hybridized carbons (Fsp3) is 0.333. The molecule has 1 N–H and O–H groups in total. The summed E-state index contributed by atoms with van der Waals surface area (Å²) in [5.74, 6) is 1.01. The fourth-order valence-corrected chi connectivity index (χ4v) is 4.18. The molecular weight excluding hydrogens is 370 g/mol. The summed E-state index contributed by atoms with van der Waals surface area (Å²) in [6.07, 6.45) is 4.02. The molecule has 0 aliphatic carbocycles. The number of carbonyl (C=O) groups excluding carboxylic acids is 1. The lowest BCUT2D eigenvalue weighted by atomic mass is 9.77. The highest BCUT2D eigenvalue weighted by molar-refractivity contribution is 5.79. The van der Waals surface area contributed by atoms with Crippen LogP contribution in [0.15, 0.2) is 59.4 Å². The zero-order chi connectivity index (χ0) is 19.7. The van der Waals surface area contributed by atoms with Gasteiger partial charge in [0, 0.05) is 31.0 Å². The number of aromatic nitrogens is 3. The third-order valence-electron chi connectivity index (χ3n) is 5.61. The summed E-state index contributed by atoms with van der Waals surface area (Å²) >= 11 is 0. The van der Waals surface area contributed by atoms with Crippen LogP contribution < -0.4 is 5.32 Å². The molecule has 0 bridgehead atoms. The highest BCUT2D eigenvalue weighted by atomic mass is 16.5.